The summed E-state index contributed by atoms with van der Waals surface area (Å²) in [5, 5.41) is 4.44. The van der Waals surface area contributed by atoms with Crippen molar-refractivity contribution in [1.82, 2.24) is 9.38 Å². The second kappa shape index (κ2) is 5.65. The van der Waals surface area contributed by atoms with Gasteiger partial charge in [-0.25, -0.2) is 4.98 Å². The van der Waals surface area contributed by atoms with E-state index in [-0.39, 0.29) is 0 Å². The van der Waals surface area contributed by atoms with Crippen LogP contribution in [0, 0.1) is 0 Å². The third-order valence-electron chi connectivity index (χ3n) is 4.35. The molecule has 3 nitrogen and oxygen atoms in total. The van der Waals surface area contributed by atoms with Gasteiger partial charge in [0.15, 0.2) is 0 Å². The highest BCUT2D eigenvalue weighted by molar-refractivity contribution is 6.33. The van der Waals surface area contributed by atoms with Crippen LogP contribution in [0.15, 0.2) is 48.7 Å². The first-order valence-corrected chi connectivity index (χ1v) is 8.19. The average molecular weight is 312 g/mol. The van der Waals surface area contributed by atoms with Crippen molar-refractivity contribution < 1.29 is 0 Å². The van der Waals surface area contributed by atoms with E-state index in [9.17, 15) is 0 Å². The van der Waals surface area contributed by atoms with Gasteiger partial charge in [0.2, 0.25) is 0 Å². The number of pyridine rings is 1. The standard InChI is InChI=1S/C18H18ClN3/c19-15-10-4-3-9-14(15)17-18(20-13-7-1-2-8-13)22-12-6-5-11-16(22)21-17/h3-6,9-13,20H,1-2,7-8H2. The Morgan fingerprint density at radius 3 is 2.64 bits per heavy atom. The van der Waals surface area contributed by atoms with Crippen LogP contribution < -0.4 is 5.32 Å². The Hall–Kier alpha value is -2.00. The average Bonchev–Trinajstić information content (AvgIpc) is 3.17. The van der Waals surface area contributed by atoms with Crippen molar-refractivity contribution in [2.24, 2.45) is 0 Å². The van der Waals surface area contributed by atoms with Gasteiger partial charge in [-0.2, -0.15) is 0 Å². The largest absolute Gasteiger partial charge is 0.367 e. The molecular formula is C18H18ClN3. The molecule has 1 aliphatic carbocycles. The minimum absolute atomic E-state index is 0.529. The Bertz CT molecular complexity index is 803. The first-order valence-electron chi connectivity index (χ1n) is 7.81. The van der Waals surface area contributed by atoms with Gasteiger partial charge in [0.1, 0.15) is 17.2 Å². The zero-order valence-corrected chi connectivity index (χ0v) is 13.1. The van der Waals surface area contributed by atoms with Crippen molar-refractivity contribution in [3.63, 3.8) is 0 Å². The number of anilines is 1. The van der Waals surface area contributed by atoms with E-state index >= 15 is 0 Å². The van der Waals surface area contributed by atoms with Crippen molar-refractivity contribution >= 4 is 23.1 Å². The van der Waals surface area contributed by atoms with E-state index in [1.807, 2.05) is 42.5 Å². The van der Waals surface area contributed by atoms with Gasteiger partial charge in [0.25, 0.3) is 0 Å². The summed E-state index contributed by atoms with van der Waals surface area (Å²) in [6.07, 6.45) is 7.11. The number of fused-ring (bicyclic) bond motifs is 1. The van der Waals surface area contributed by atoms with Crippen LogP contribution in [-0.4, -0.2) is 15.4 Å². The highest BCUT2D eigenvalue weighted by Gasteiger charge is 2.21. The van der Waals surface area contributed by atoms with E-state index < -0.39 is 0 Å². The molecule has 0 radical (unpaired) electrons. The van der Waals surface area contributed by atoms with Gasteiger partial charge in [-0.3, -0.25) is 4.40 Å². The maximum atomic E-state index is 6.40. The zero-order valence-electron chi connectivity index (χ0n) is 12.3. The lowest BCUT2D eigenvalue weighted by Gasteiger charge is -2.15. The van der Waals surface area contributed by atoms with Crippen molar-refractivity contribution in [2.45, 2.75) is 31.7 Å². The molecule has 0 amide bonds. The van der Waals surface area contributed by atoms with Gasteiger partial charge in [0.05, 0.1) is 5.02 Å². The van der Waals surface area contributed by atoms with E-state index in [1.54, 1.807) is 0 Å². The lowest BCUT2D eigenvalue weighted by atomic mass is 10.1. The number of nitrogens with zero attached hydrogens (tertiary/aromatic N) is 2. The Kier molecular flexibility index (Phi) is 3.51. The molecule has 4 heteroatoms. The molecule has 1 saturated carbocycles. The summed E-state index contributed by atoms with van der Waals surface area (Å²) >= 11 is 6.40. The molecule has 0 aliphatic heterocycles. The molecule has 1 aromatic carbocycles. The summed E-state index contributed by atoms with van der Waals surface area (Å²) in [4.78, 5) is 4.80. The molecule has 2 heterocycles. The van der Waals surface area contributed by atoms with E-state index in [0.717, 1.165) is 27.7 Å². The smallest absolute Gasteiger partial charge is 0.139 e. The van der Waals surface area contributed by atoms with Crippen LogP contribution in [0.4, 0.5) is 5.82 Å². The predicted octanol–water partition coefficient (Wildman–Crippen LogP) is 5.01. The van der Waals surface area contributed by atoms with Crippen molar-refractivity contribution in [2.75, 3.05) is 5.32 Å². The molecule has 4 rings (SSSR count). The van der Waals surface area contributed by atoms with Crippen LogP contribution in [0.25, 0.3) is 16.9 Å². The summed E-state index contributed by atoms with van der Waals surface area (Å²) in [5.74, 6) is 1.05. The van der Waals surface area contributed by atoms with Gasteiger partial charge in [-0.05, 0) is 31.0 Å². The molecule has 0 atom stereocenters. The zero-order chi connectivity index (χ0) is 14.9. The molecule has 0 unspecified atom stereocenters. The predicted molar refractivity (Wildman–Crippen MR) is 91.5 cm³/mol. The van der Waals surface area contributed by atoms with Crippen LogP contribution in [0.1, 0.15) is 25.7 Å². The third-order valence-corrected chi connectivity index (χ3v) is 4.68. The molecule has 1 aliphatic rings. The quantitative estimate of drug-likeness (QED) is 0.736. The normalized spacial score (nSPS) is 15.5. The van der Waals surface area contributed by atoms with Gasteiger partial charge in [-0.1, -0.05) is 48.7 Å². The highest BCUT2D eigenvalue weighted by Crippen LogP contribution is 2.35. The first kappa shape index (κ1) is 13.6. The fourth-order valence-corrected chi connectivity index (χ4v) is 3.46. The van der Waals surface area contributed by atoms with Crippen LogP contribution in [-0.2, 0) is 0 Å². The summed E-state index contributed by atoms with van der Waals surface area (Å²) in [7, 11) is 0. The number of imidazole rings is 1. The molecular weight excluding hydrogens is 294 g/mol. The van der Waals surface area contributed by atoms with Gasteiger partial charge in [-0.15, -0.1) is 0 Å². The molecule has 2 aromatic heterocycles. The SMILES string of the molecule is Clc1ccccc1-c1nc2ccccn2c1NC1CCCC1. The third kappa shape index (κ3) is 2.35. The second-order valence-electron chi connectivity index (χ2n) is 5.84. The molecule has 1 N–H and O–H groups in total. The van der Waals surface area contributed by atoms with Gasteiger partial charge < -0.3 is 5.32 Å². The lowest BCUT2D eigenvalue weighted by Crippen LogP contribution is -2.16. The maximum absolute atomic E-state index is 6.40. The van der Waals surface area contributed by atoms with Crippen LogP contribution in [0.5, 0.6) is 0 Å². The fraction of sp³-hybridized carbons (Fsp3) is 0.278. The summed E-state index contributed by atoms with van der Waals surface area (Å²) < 4.78 is 2.12. The number of nitrogens with one attached hydrogen (secondary N) is 1. The minimum Gasteiger partial charge on any atom is -0.367 e. The Labute approximate surface area is 134 Å². The van der Waals surface area contributed by atoms with Gasteiger partial charge >= 0.3 is 0 Å². The van der Waals surface area contributed by atoms with Crippen LogP contribution >= 0.6 is 11.6 Å². The molecule has 1 fully saturated rings. The molecule has 22 heavy (non-hydrogen) atoms. The van der Waals surface area contributed by atoms with E-state index in [1.165, 1.54) is 25.7 Å². The monoisotopic (exact) mass is 311 g/mol. The molecule has 0 spiro atoms. The van der Waals surface area contributed by atoms with Crippen molar-refractivity contribution in [1.29, 1.82) is 0 Å². The topological polar surface area (TPSA) is 29.3 Å². The van der Waals surface area contributed by atoms with E-state index in [4.69, 9.17) is 16.6 Å². The van der Waals surface area contributed by atoms with E-state index in [0.29, 0.717) is 6.04 Å². The number of hydrogen-bond acceptors (Lipinski definition) is 2. The summed E-state index contributed by atoms with van der Waals surface area (Å²) in [6, 6.07) is 14.5. The fourth-order valence-electron chi connectivity index (χ4n) is 3.24. The Morgan fingerprint density at radius 1 is 1.05 bits per heavy atom. The molecule has 3 aromatic rings. The van der Waals surface area contributed by atoms with Crippen molar-refractivity contribution in [3.8, 4) is 11.3 Å². The number of hydrogen-bond donors (Lipinski definition) is 1. The van der Waals surface area contributed by atoms with Crippen LogP contribution in [0.3, 0.4) is 0 Å². The molecule has 0 bridgehead atoms. The second-order valence-corrected chi connectivity index (χ2v) is 6.25. The molecule has 0 saturated heterocycles. The van der Waals surface area contributed by atoms with E-state index in [2.05, 4.69) is 15.9 Å². The lowest BCUT2D eigenvalue weighted by molar-refractivity contribution is 0.749. The summed E-state index contributed by atoms with van der Waals surface area (Å²) in [5.41, 5.74) is 2.86. The summed E-state index contributed by atoms with van der Waals surface area (Å²) in [6.45, 7) is 0. The Morgan fingerprint density at radius 2 is 1.82 bits per heavy atom. The first-order chi connectivity index (χ1) is 10.8. The van der Waals surface area contributed by atoms with Gasteiger partial charge in [0, 0.05) is 17.8 Å². The number of aromatic nitrogens is 2. The highest BCUT2D eigenvalue weighted by atomic mass is 35.5. The van der Waals surface area contributed by atoms with Crippen LogP contribution in [0.2, 0.25) is 5.02 Å². The Balaban J connectivity index is 1.87. The maximum Gasteiger partial charge on any atom is 0.139 e. The van der Waals surface area contributed by atoms with Crippen molar-refractivity contribution in [3.05, 3.63) is 53.7 Å². The number of rotatable bonds is 3. The minimum atomic E-state index is 0.529. The number of halogens is 1. The number of benzene rings is 1. The molecule has 112 valence electrons.